The largest absolute Gasteiger partial charge is 0.505 e. The van der Waals surface area contributed by atoms with Crippen LogP contribution in [0.25, 0.3) is 5.69 Å². The number of rotatable bonds is 2. The Morgan fingerprint density at radius 2 is 1.89 bits per heavy atom. The Kier molecular flexibility index (Phi) is 3.08. The van der Waals surface area contributed by atoms with Crippen LogP contribution in [0.5, 0.6) is 5.75 Å². The lowest BCUT2D eigenvalue weighted by molar-refractivity contribution is 0.0684. The molecule has 0 bridgehead atoms. The molecule has 0 saturated heterocycles. The van der Waals surface area contributed by atoms with Gasteiger partial charge in [0.05, 0.1) is 5.69 Å². The van der Waals surface area contributed by atoms with E-state index in [-0.39, 0.29) is 0 Å². The number of carbonyl (C=O) groups is 1. The summed E-state index contributed by atoms with van der Waals surface area (Å²) in [5.74, 6) is -2.03. The molecule has 0 spiro atoms. The topological polar surface area (TPSA) is 92.4 Å². The van der Waals surface area contributed by atoms with Crippen molar-refractivity contribution in [2.24, 2.45) is 0 Å². The summed E-state index contributed by atoms with van der Waals surface area (Å²) in [6.07, 6.45) is 0. The molecule has 98 valence electrons. The fraction of sp³-hybridized carbons (Fsp3) is 0.154. The molecule has 0 fully saturated rings. The van der Waals surface area contributed by atoms with Gasteiger partial charge in [-0.3, -0.25) is 4.79 Å². The highest BCUT2D eigenvalue weighted by molar-refractivity contribution is 5.88. The second kappa shape index (κ2) is 4.56. The Bertz CT molecular complexity index is 719. The van der Waals surface area contributed by atoms with Gasteiger partial charge in [-0.05, 0) is 37.1 Å². The number of hydrogen-bond acceptors (Lipinski definition) is 4. The van der Waals surface area contributed by atoms with E-state index in [1.165, 1.54) is 0 Å². The molecule has 2 aromatic rings. The molecule has 0 amide bonds. The summed E-state index contributed by atoms with van der Waals surface area (Å²) in [7, 11) is 0. The van der Waals surface area contributed by atoms with Crippen molar-refractivity contribution in [3.8, 4) is 11.4 Å². The number of carboxylic acid groups (broad SMARTS) is 1. The fourth-order valence-electron chi connectivity index (χ4n) is 1.64. The molecule has 6 nitrogen and oxygen atoms in total. The molecule has 0 atom stereocenters. The van der Waals surface area contributed by atoms with Gasteiger partial charge in [0.1, 0.15) is 0 Å². The first-order valence-corrected chi connectivity index (χ1v) is 5.54. The van der Waals surface area contributed by atoms with Gasteiger partial charge in [0.2, 0.25) is 5.69 Å². The smallest absolute Gasteiger partial charge is 0.360 e. The van der Waals surface area contributed by atoms with Gasteiger partial charge in [0.25, 0.3) is 5.56 Å². The lowest BCUT2D eigenvalue weighted by Gasteiger charge is -2.08. The van der Waals surface area contributed by atoms with Crippen molar-refractivity contribution >= 4 is 5.97 Å². The highest BCUT2D eigenvalue weighted by Crippen LogP contribution is 2.15. The Morgan fingerprint density at radius 1 is 1.21 bits per heavy atom. The number of nitrogens with zero attached hydrogens (tertiary/aromatic N) is 2. The number of aromatic carboxylic acids is 1. The summed E-state index contributed by atoms with van der Waals surface area (Å²) >= 11 is 0. The first kappa shape index (κ1) is 12.8. The van der Waals surface area contributed by atoms with E-state index in [0.717, 1.165) is 21.9 Å². The van der Waals surface area contributed by atoms with Crippen LogP contribution in [-0.4, -0.2) is 26.0 Å². The second-order valence-electron chi connectivity index (χ2n) is 4.20. The van der Waals surface area contributed by atoms with Gasteiger partial charge in [-0.25, -0.2) is 4.79 Å². The Balaban J connectivity index is 2.68. The van der Waals surface area contributed by atoms with Crippen molar-refractivity contribution in [1.29, 1.82) is 0 Å². The van der Waals surface area contributed by atoms with Gasteiger partial charge in [-0.1, -0.05) is 6.07 Å². The SMILES string of the molecule is Cc1ccc(-n2nc(C(=O)O)c(O)cc2=O)cc1C. The summed E-state index contributed by atoms with van der Waals surface area (Å²) in [6.45, 7) is 3.80. The van der Waals surface area contributed by atoms with Crippen LogP contribution < -0.4 is 5.56 Å². The average Bonchev–Trinajstić information content (AvgIpc) is 2.32. The van der Waals surface area contributed by atoms with Gasteiger partial charge < -0.3 is 10.2 Å². The van der Waals surface area contributed by atoms with E-state index >= 15 is 0 Å². The minimum Gasteiger partial charge on any atom is -0.505 e. The molecule has 6 heteroatoms. The highest BCUT2D eigenvalue weighted by Gasteiger charge is 2.15. The normalized spacial score (nSPS) is 10.4. The zero-order valence-electron chi connectivity index (χ0n) is 10.4. The van der Waals surface area contributed by atoms with Gasteiger partial charge >= 0.3 is 5.97 Å². The minimum atomic E-state index is -1.39. The predicted molar refractivity (Wildman–Crippen MR) is 67.9 cm³/mol. The molecule has 1 aromatic carbocycles. The van der Waals surface area contributed by atoms with Crippen LogP contribution in [0.1, 0.15) is 21.6 Å². The molecule has 2 N–H and O–H groups in total. The van der Waals surface area contributed by atoms with E-state index in [0.29, 0.717) is 5.69 Å². The van der Waals surface area contributed by atoms with E-state index in [4.69, 9.17) is 5.11 Å². The van der Waals surface area contributed by atoms with E-state index in [1.54, 1.807) is 12.1 Å². The quantitative estimate of drug-likeness (QED) is 0.847. The van der Waals surface area contributed by atoms with Crippen LogP contribution in [0.2, 0.25) is 0 Å². The third-order valence-electron chi connectivity index (χ3n) is 2.85. The maximum absolute atomic E-state index is 11.8. The monoisotopic (exact) mass is 260 g/mol. The summed E-state index contributed by atoms with van der Waals surface area (Å²) in [5, 5.41) is 21.9. The first-order chi connectivity index (χ1) is 8.90. The number of carboxylic acids is 1. The number of aryl methyl sites for hydroxylation is 2. The second-order valence-corrected chi connectivity index (χ2v) is 4.20. The zero-order chi connectivity index (χ0) is 14.2. The minimum absolute atomic E-state index is 0.454. The predicted octanol–water partition coefficient (Wildman–Crippen LogP) is 1.25. The van der Waals surface area contributed by atoms with Crippen molar-refractivity contribution in [3.63, 3.8) is 0 Å². The first-order valence-electron chi connectivity index (χ1n) is 5.54. The number of hydrogen-bond donors (Lipinski definition) is 2. The molecule has 0 aliphatic heterocycles. The molecule has 0 aliphatic carbocycles. The number of aromatic hydroxyl groups is 1. The van der Waals surface area contributed by atoms with Crippen LogP contribution in [-0.2, 0) is 0 Å². The summed E-state index contributed by atoms with van der Waals surface area (Å²) in [6, 6.07) is 6.05. The van der Waals surface area contributed by atoms with Crippen LogP contribution >= 0.6 is 0 Å². The van der Waals surface area contributed by atoms with Crippen molar-refractivity contribution in [1.82, 2.24) is 9.78 Å². The van der Waals surface area contributed by atoms with Gasteiger partial charge in [-0.2, -0.15) is 9.78 Å². The summed E-state index contributed by atoms with van der Waals surface area (Å²) < 4.78 is 0.954. The van der Waals surface area contributed by atoms with Crippen molar-refractivity contribution < 1.29 is 15.0 Å². The van der Waals surface area contributed by atoms with E-state index in [9.17, 15) is 14.7 Å². The summed E-state index contributed by atoms with van der Waals surface area (Å²) in [5.41, 5.74) is 1.31. The molecule has 0 radical (unpaired) electrons. The molecule has 2 rings (SSSR count). The Hall–Kier alpha value is -2.63. The Labute approximate surface area is 108 Å². The molecule has 1 heterocycles. The zero-order valence-corrected chi connectivity index (χ0v) is 10.4. The maximum Gasteiger partial charge on any atom is 0.360 e. The van der Waals surface area contributed by atoms with Crippen molar-refractivity contribution in [2.75, 3.05) is 0 Å². The summed E-state index contributed by atoms with van der Waals surface area (Å²) in [4.78, 5) is 22.7. The average molecular weight is 260 g/mol. The van der Waals surface area contributed by atoms with Crippen LogP contribution in [0.3, 0.4) is 0 Å². The molecule has 1 aromatic heterocycles. The third kappa shape index (κ3) is 2.33. The fourth-order valence-corrected chi connectivity index (χ4v) is 1.64. The molecule has 0 saturated carbocycles. The van der Waals surface area contributed by atoms with Gasteiger partial charge in [0.15, 0.2) is 5.75 Å². The molecular formula is C13H12N2O4. The molecule has 0 unspecified atom stereocenters. The Morgan fingerprint density at radius 3 is 2.47 bits per heavy atom. The lowest BCUT2D eigenvalue weighted by Crippen LogP contribution is -2.23. The number of aromatic nitrogens is 2. The standard InChI is InChI=1S/C13H12N2O4/c1-7-3-4-9(5-8(7)2)15-11(17)6-10(16)12(14-15)13(18)19/h3-6,16H,1-2H3,(H,18,19). The molecule has 0 aliphatic rings. The highest BCUT2D eigenvalue weighted by atomic mass is 16.4. The maximum atomic E-state index is 11.8. The van der Waals surface area contributed by atoms with Crippen molar-refractivity contribution in [2.45, 2.75) is 13.8 Å². The van der Waals surface area contributed by atoms with E-state index in [2.05, 4.69) is 5.10 Å². The van der Waals surface area contributed by atoms with Crippen LogP contribution in [0.4, 0.5) is 0 Å². The van der Waals surface area contributed by atoms with E-state index < -0.39 is 23.0 Å². The van der Waals surface area contributed by atoms with E-state index in [1.807, 2.05) is 19.9 Å². The van der Waals surface area contributed by atoms with Crippen molar-refractivity contribution in [3.05, 3.63) is 51.4 Å². The van der Waals surface area contributed by atoms with Gasteiger partial charge in [-0.15, -0.1) is 0 Å². The van der Waals surface area contributed by atoms with Crippen LogP contribution in [0, 0.1) is 13.8 Å². The third-order valence-corrected chi connectivity index (χ3v) is 2.85. The van der Waals surface area contributed by atoms with Gasteiger partial charge in [0, 0.05) is 6.07 Å². The van der Waals surface area contributed by atoms with Crippen LogP contribution in [0.15, 0.2) is 29.1 Å². The molecular weight excluding hydrogens is 248 g/mol. The lowest BCUT2D eigenvalue weighted by atomic mass is 10.1. The number of benzene rings is 1. The molecule has 19 heavy (non-hydrogen) atoms.